The highest BCUT2D eigenvalue weighted by atomic mass is 35.5. The highest BCUT2D eigenvalue weighted by molar-refractivity contribution is 7.92. The standard InChI is InChI=1S/C7H15NO3S.ClH/c1-12(10,11)7(6-9)2-4-8-5-3-7;/h8-9H,2-6H2,1H3;1H. The van der Waals surface area contributed by atoms with Crippen LogP contribution in [0.1, 0.15) is 12.8 Å². The zero-order valence-electron chi connectivity index (χ0n) is 7.62. The van der Waals surface area contributed by atoms with Gasteiger partial charge >= 0.3 is 0 Å². The molecular formula is C7H16ClNO3S. The fourth-order valence-electron chi connectivity index (χ4n) is 1.53. The molecule has 0 amide bonds. The zero-order chi connectivity index (χ0) is 9.24. The number of piperidine rings is 1. The minimum absolute atomic E-state index is 0. The van der Waals surface area contributed by atoms with Gasteiger partial charge < -0.3 is 10.4 Å². The smallest absolute Gasteiger partial charge is 0.155 e. The number of halogens is 1. The van der Waals surface area contributed by atoms with Crippen molar-refractivity contribution in [3.05, 3.63) is 0 Å². The van der Waals surface area contributed by atoms with Crippen LogP contribution in [-0.4, -0.2) is 44.2 Å². The number of sulfone groups is 1. The molecule has 0 spiro atoms. The van der Waals surface area contributed by atoms with Gasteiger partial charge in [0.25, 0.3) is 0 Å². The number of aliphatic hydroxyl groups is 1. The molecule has 2 N–H and O–H groups in total. The molecule has 0 radical (unpaired) electrons. The van der Waals surface area contributed by atoms with Gasteiger partial charge in [-0.1, -0.05) is 0 Å². The van der Waals surface area contributed by atoms with Crippen LogP contribution in [0, 0.1) is 0 Å². The maximum Gasteiger partial charge on any atom is 0.155 e. The fraction of sp³-hybridized carbons (Fsp3) is 1.00. The molecule has 1 rings (SSSR count). The van der Waals surface area contributed by atoms with Gasteiger partial charge in [0.05, 0.1) is 11.4 Å². The molecule has 1 saturated heterocycles. The third-order valence-corrected chi connectivity index (χ3v) is 4.70. The van der Waals surface area contributed by atoms with E-state index in [1.165, 1.54) is 6.26 Å². The number of nitrogens with one attached hydrogen (secondary N) is 1. The Bertz CT molecular complexity index is 246. The van der Waals surface area contributed by atoms with E-state index in [4.69, 9.17) is 5.11 Å². The van der Waals surface area contributed by atoms with Gasteiger partial charge in [-0.15, -0.1) is 12.4 Å². The lowest BCUT2D eigenvalue weighted by atomic mass is 9.98. The van der Waals surface area contributed by atoms with Gasteiger partial charge in [-0.25, -0.2) is 8.42 Å². The molecule has 80 valence electrons. The second-order valence-corrected chi connectivity index (χ2v) is 5.77. The number of rotatable bonds is 2. The van der Waals surface area contributed by atoms with Crippen molar-refractivity contribution in [2.45, 2.75) is 17.6 Å². The lowest BCUT2D eigenvalue weighted by Gasteiger charge is -2.33. The van der Waals surface area contributed by atoms with Crippen molar-refractivity contribution >= 4 is 22.2 Å². The molecule has 6 heteroatoms. The van der Waals surface area contributed by atoms with E-state index >= 15 is 0 Å². The molecule has 0 aliphatic carbocycles. The topological polar surface area (TPSA) is 66.4 Å². The summed E-state index contributed by atoms with van der Waals surface area (Å²) in [7, 11) is -3.13. The Kier molecular flexibility index (Phi) is 4.65. The molecule has 1 aliphatic rings. The van der Waals surface area contributed by atoms with Crippen LogP contribution in [0.25, 0.3) is 0 Å². The Morgan fingerprint density at radius 2 is 1.85 bits per heavy atom. The summed E-state index contributed by atoms with van der Waals surface area (Å²) < 4.78 is 21.8. The summed E-state index contributed by atoms with van der Waals surface area (Å²) in [5, 5.41) is 12.1. The molecule has 0 aromatic carbocycles. The number of hydrogen-bond acceptors (Lipinski definition) is 4. The summed E-state index contributed by atoms with van der Waals surface area (Å²) in [4.78, 5) is 0. The van der Waals surface area contributed by atoms with Gasteiger partial charge in [-0.3, -0.25) is 0 Å². The monoisotopic (exact) mass is 229 g/mol. The van der Waals surface area contributed by atoms with E-state index in [9.17, 15) is 8.42 Å². The number of aliphatic hydroxyl groups excluding tert-OH is 1. The molecule has 4 nitrogen and oxygen atoms in total. The van der Waals surface area contributed by atoms with Crippen molar-refractivity contribution < 1.29 is 13.5 Å². The Balaban J connectivity index is 0.00000144. The van der Waals surface area contributed by atoms with Gasteiger partial charge in [-0.05, 0) is 25.9 Å². The first-order valence-corrected chi connectivity index (χ1v) is 5.92. The normalized spacial score (nSPS) is 22.0. The first-order valence-electron chi connectivity index (χ1n) is 4.03. The molecule has 0 bridgehead atoms. The van der Waals surface area contributed by atoms with Crippen molar-refractivity contribution in [2.75, 3.05) is 26.0 Å². The third kappa shape index (κ3) is 2.56. The molecule has 1 fully saturated rings. The minimum atomic E-state index is -3.13. The highest BCUT2D eigenvalue weighted by Crippen LogP contribution is 2.26. The summed E-state index contributed by atoms with van der Waals surface area (Å²) in [6.45, 7) is 1.09. The van der Waals surface area contributed by atoms with Crippen molar-refractivity contribution in [1.29, 1.82) is 0 Å². The highest BCUT2D eigenvalue weighted by Gasteiger charge is 2.40. The Morgan fingerprint density at radius 1 is 1.38 bits per heavy atom. The first-order chi connectivity index (χ1) is 5.52. The molecule has 1 aliphatic heterocycles. The van der Waals surface area contributed by atoms with E-state index in [1.54, 1.807) is 0 Å². The molecule has 0 atom stereocenters. The van der Waals surface area contributed by atoms with Crippen LogP contribution in [0.4, 0.5) is 0 Å². The lowest BCUT2D eigenvalue weighted by Crippen LogP contribution is -2.49. The van der Waals surface area contributed by atoms with Gasteiger partial charge in [0, 0.05) is 6.26 Å². The predicted octanol–water partition coefficient (Wildman–Crippen LogP) is -0.433. The second kappa shape index (κ2) is 4.59. The second-order valence-electron chi connectivity index (χ2n) is 3.36. The third-order valence-electron chi connectivity index (χ3n) is 2.59. The SMILES string of the molecule is CS(=O)(=O)C1(CO)CCNCC1.Cl. The van der Waals surface area contributed by atoms with E-state index in [0.29, 0.717) is 25.9 Å². The molecule has 0 aromatic heterocycles. The van der Waals surface area contributed by atoms with E-state index in [1.807, 2.05) is 0 Å². The average Bonchev–Trinajstić information content (AvgIpc) is 2.04. The Hall–Kier alpha value is 0.160. The average molecular weight is 230 g/mol. The van der Waals surface area contributed by atoms with Gasteiger partial charge in [0.15, 0.2) is 9.84 Å². The van der Waals surface area contributed by atoms with E-state index < -0.39 is 14.6 Å². The minimum Gasteiger partial charge on any atom is -0.395 e. The van der Waals surface area contributed by atoms with Crippen LogP contribution in [0.2, 0.25) is 0 Å². The summed E-state index contributed by atoms with van der Waals surface area (Å²) in [5.41, 5.74) is 0. The molecule has 0 aromatic rings. The Labute approximate surface area is 85.0 Å². The largest absolute Gasteiger partial charge is 0.395 e. The summed E-state index contributed by atoms with van der Waals surface area (Å²) in [6.07, 6.45) is 2.24. The van der Waals surface area contributed by atoms with E-state index in [-0.39, 0.29) is 19.0 Å². The van der Waals surface area contributed by atoms with E-state index in [0.717, 1.165) is 0 Å². The van der Waals surface area contributed by atoms with Crippen LogP contribution in [-0.2, 0) is 9.84 Å². The van der Waals surface area contributed by atoms with Crippen LogP contribution >= 0.6 is 12.4 Å². The fourth-order valence-corrected chi connectivity index (χ4v) is 2.71. The molecule has 1 heterocycles. The van der Waals surface area contributed by atoms with Gasteiger partial charge in [-0.2, -0.15) is 0 Å². The summed E-state index contributed by atoms with van der Waals surface area (Å²) in [6, 6.07) is 0. The number of hydrogen-bond donors (Lipinski definition) is 2. The molecule has 0 unspecified atom stereocenters. The summed E-state index contributed by atoms with van der Waals surface area (Å²) >= 11 is 0. The quantitative estimate of drug-likeness (QED) is 0.674. The first kappa shape index (κ1) is 13.2. The van der Waals surface area contributed by atoms with E-state index in [2.05, 4.69) is 5.32 Å². The maximum absolute atomic E-state index is 11.4. The van der Waals surface area contributed by atoms with Crippen molar-refractivity contribution in [3.63, 3.8) is 0 Å². The van der Waals surface area contributed by atoms with Crippen molar-refractivity contribution in [2.24, 2.45) is 0 Å². The summed E-state index contributed by atoms with van der Waals surface area (Å²) in [5.74, 6) is 0. The molecule has 0 saturated carbocycles. The van der Waals surface area contributed by atoms with Gasteiger partial charge in [0.1, 0.15) is 0 Å². The van der Waals surface area contributed by atoms with Crippen LogP contribution in [0.5, 0.6) is 0 Å². The Morgan fingerprint density at radius 3 is 2.08 bits per heavy atom. The van der Waals surface area contributed by atoms with Gasteiger partial charge in [0.2, 0.25) is 0 Å². The molecular weight excluding hydrogens is 214 g/mol. The lowest BCUT2D eigenvalue weighted by molar-refractivity contribution is 0.212. The molecule has 13 heavy (non-hydrogen) atoms. The van der Waals surface area contributed by atoms with Crippen LogP contribution < -0.4 is 5.32 Å². The van der Waals surface area contributed by atoms with Crippen molar-refractivity contribution in [1.82, 2.24) is 5.32 Å². The van der Waals surface area contributed by atoms with Crippen LogP contribution in [0.3, 0.4) is 0 Å². The maximum atomic E-state index is 11.4. The van der Waals surface area contributed by atoms with Crippen molar-refractivity contribution in [3.8, 4) is 0 Å². The predicted molar refractivity (Wildman–Crippen MR) is 54.0 cm³/mol. The zero-order valence-corrected chi connectivity index (χ0v) is 9.25. The van der Waals surface area contributed by atoms with Crippen LogP contribution in [0.15, 0.2) is 0 Å².